The largest absolute Gasteiger partial charge is 0.353 e. The van der Waals surface area contributed by atoms with Crippen LogP contribution in [0.5, 0.6) is 0 Å². The van der Waals surface area contributed by atoms with Crippen molar-refractivity contribution in [1.82, 2.24) is 19.9 Å². The van der Waals surface area contributed by atoms with Crippen LogP contribution in [0, 0.1) is 13.8 Å². The molecule has 0 atom stereocenters. The summed E-state index contributed by atoms with van der Waals surface area (Å²) in [6.07, 6.45) is 5.18. The van der Waals surface area contributed by atoms with Gasteiger partial charge in [0.1, 0.15) is 18.0 Å². The van der Waals surface area contributed by atoms with Crippen LogP contribution in [-0.4, -0.2) is 46.1 Å². The summed E-state index contributed by atoms with van der Waals surface area (Å²) in [6.45, 7) is 7.68. The van der Waals surface area contributed by atoms with Crippen molar-refractivity contribution in [3.63, 3.8) is 0 Å². The first-order valence-electron chi connectivity index (χ1n) is 9.12. The average molecular weight is 361 g/mol. The summed E-state index contributed by atoms with van der Waals surface area (Å²) in [5.74, 6) is 2.53. The molecular weight excluding hydrogens is 338 g/mol. The average Bonchev–Trinajstić information content (AvgIpc) is 2.71. The second kappa shape index (κ2) is 7.57. The summed E-state index contributed by atoms with van der Waals surface area (Å²) in [5, 5.41) is 3.41. The Bertz CT molecular complexity index is 905. The van der Waals surface area contributed by atoms with Gasteiger partial charge in [0.25, 0.3) is 0 Å². The molecule has 1 aliphatic heterocycles. The molecule has 1 saturated heterocycles. The Balaban J connectivity index is 1.44. The van der Waals surface area contributed by atoms with E-state index in [0.717, 1.165) is 49.5 Å². The highest BCUT2D eigenvalue weighted by atomic mass is 15.3. The molecule has 7 heteroatoms. The molecule has 1 fully saturated rings. The molecule has 2 aromatic heterocycles. The van der Waals surface area contributed by atoms with Crippen LogP contribution >= 0.6 is 0 Å². The van der Waals surface area contributed by atoms with E-state index in [2.05, 4.69) is 67.1 Å². The molecule has 0 unspecified atom stereocenters. The van der Waals surface area contributed by atoms with Gasteiger partial charge in [0, 0.05) is 50.3 Å². The molecule has 0 radical (unpaired) electrons. The predicted octanol–water partition coefficient (Wildman–Crippen LogP) is 2.95. The van der Waals surface area contributed by atoms with E-state index in [1.54, 1.807) is 18.7 Å². The molecule has 27 heavy (non-hydrogen) atoms. The van der Waals surface area contributed by atoms with E-state index in [-0.39, 0.29) is 0 Å². The molecule has 3 aromatic rings. The second-order valence-electron chi connectivity index (χ2n) is 6.73. The molecule has 0 amide bonds. The van der Waals surface area contributed by atoms with Gasteiger partial charge in [-0.15, -0.1) is 0 Å². The minimum Gasteiger partial charge on any atom is -0.353 e. The zero-order valence-electron chi connectivity index (χ0n) is 15.6. The predicted molar refractivity (Wildman–Crippen MR) is 108 cm³/mol. The van der Waals surface area contributed by atoms with E-state index in [0.29, 0.717) is 0 Å². The molecule has 1 aliphatic rings. The van der Waals surface area contributed by atoms with Crippen molar-refractivity contribution in [3.8, 4) is 0 Å². The molecule has 0 spiro atoms. The van der Waals surface area contributed by atoms with Crippen LogP contribution in [0.25, 0.3) is 0 Å². The van der Waals surface area contributed by atoms with Crippen molar-refractivity contribution in [1.29, 1.82) is 0 Å². The monoisotopic (exact) mass is 361 g/mol. The van der Waals surface area contributed by atoms with Crippen LogP contribution in [0.15, 0.2) is 49.1 Å². The Hall–Kier alpha value is -3.22. The minimum atomic E-state index is 0.789. The van der Waals surface area contributed by atoms with E-state index in [1.165, 1.54) is 11.1 Å². The maximum atomic E-state index is 4.46. The number of aromatic nitrogens is 4. The van der Waals surface area contributed by atoms with Crippen LogP contribution in [-0.2, 0) is 0 Å². The molecule has 138 valence electrons. The fourth-order valence-corrected chi connectivity index (χ4v) is 3.27. The number of piperazine rings is 1. The van der Waals surface area contributed by atoms with Crippen molar-refractivity contribution in [2.75, 3.05) is 41.3 Å². The maximum absolute atomic E-state index is 4.46. The first-order chi connectivity index (χ1) is 13.2. The van der Waals surface area contributed by atoms with Gasteiger partial charge in [0.05, 0.1) is 0 Å². The van der Waals surface area contributed by atoms with Gasteiger partial charge in [0.2, 0.25) is 5.95 Å². The normalized spacial score (nSPS) is 14.3. The number of nitrogens with one attached hydrogen (secondary N) is 1. The summed E-state index contributed by atoms with van der Waals surface area (Å²) >= 11 is 0. The van der Waals surface area contributed by atoms with Gasteiger partial charge in [0.15, 0.2) is 0 Å². The van der Waals surface area contributed by atoms with E-state index >= 15 is 0 Å². The van der Waals surface area contributed by atoms with Crippen molar-refractivity contribution >= 4 is 23.3 Å². The van der Waals surface area contributed by atoms with Crippen molar-refractivity contribution in [3.05, 3.63) is 60.2 Å². The molecule has 0 bridgehead atoms. The third kappa shape index (κ3) is 3.97. The number of hydrogen-bond donors (Lipinski definition) is 1. The first kappa shape index (κ1) is 17.2. The molecule has 1 N–H and O–H groups in total. The lowest BCUT2D eigenvalue weighted by Crippen LogP contribution is -2.47. The van der Waals surface area contributed by atoms with Gasteiger partial charge < -0.3 is 15.1 Å². The maximum Gasteiger partial charge on any atom is 0.225 e. The third-order valence-electron chi connectivity index (χ3n) is 4.74. The smallest absolute Gasteiger partial charge is 0.225 e. The summed E-state index contributed by atoms with van der Waals surface area (Å²) in [5.41, 5.74) is 3.52. The Morgan fingerprint density at radius 1 is 0.852 bits per heavy atom. The van der Waals surface area contributed by atoms with Crippen molar-refractivity contribution < 1.29 is 0 Å². The lowest BCUT2D eigenvalue weighted by atomic mass is 10.1. The Labute approximate surface area is 159 Å². The third-order valence-corrected chi connectivity index (χ3v) is 4.74. The molecular formula is C20H23N7. The molecule has 4 rings (SSSR count). The standard InChI is InChI=1S/C20H23N7/c1-15-4-5-17(16(2)12-15)25-18-13-19(24-14-23-18)26-8-10-27(11-9-26)20-21-6-3-7-22-20/h3-7,12-14H,8-11H2,1-2H3,(H,23,24,25). The van der Waals surface area contributed by atoms with Crippen molar-refractivity contribution in [2.45, 2.75) is 13.8 Å². The van der Waals surface area contributed by atoms with E-state index in [9.17, 15) is 0 Å². The lowest BCUT2D eigenvalue weighted by Gasteiger charge is -2.35. The Kier molecular flexibility index (Phi) is 4.82. The highest BCUT2D eigenvalue weighted by Crippen LogP contribution is 2.23. The van der Waals surface area contributed by atoms with E-state index < -0.39 is 0 Å². The highest BCUT2D eigenvalue weighted by Gasteiger charge is 2.20. The zero-order valence-corrected chi connectivity index (χ0v) is 15.6. The molecule has 3 heterocycles. The van der Waals surface area contributed by atoms with E-state index in [4.69, 9.17) is 0 Å². The lowest BCUT2D eigenvalue weighted by molar-refractivity contribution is 0.634. The minimum absolute atomic E-state index is 0.789. The summed E-state index contributed by atoms with van der Waals surface area (Å²) in [4.78, 5) is 22.0. The van der Waals surface area contributed by atoms with Crippen molar-refractivity contribution in [2.24, 2.45) is 0 Å². The fourth-order valence-electron chi connectivity index (χ4n) is 3.27. The van der Waals surface area contributed by atoms with Crippen LogP contribution in [0.4, 0.5) is 23.3 Å². The summed E-state index contributed by atoms with van der Waals surface area (Å²) in [7, 11) is 0. The van der Waals surface area contributed by atoms with Gasteiger partial charge in [-0.05, 0) is 31.5 Å². The van der Waals surface area contributed by atoms with Gasteiger partial charge in [-0.25, -0.2) is 19.9 Å². The molecule has 1 aromatic carbocycles. The van der Waals surface area contributed by atoms with Crippen LogP contribution in [0.3, 0.4) is 0 Å². The Morgan fingerprint density at radius 2 is 1.59 bits per heavy atom. The topological polar surface area (TPSA) is 70.1 Å². The second-order valence-corrected chi connectivity index (χ2v) is 6.73. The first-order valence-corrected chi connectivity index (χ1v) is 9.12. The SMILES string of the molecule is Cc1ccc(Nc2cc(N3CCN(c4ncccn4)CC3)ncn2)c(C)c1. The number of aryl methyl sites for hydroxylation is 2. The molecule has 7 nitrogen and oxygen atoms in total. The van der Waals surface area contributed by atoms with Gasteiger partial charge >= 0.3 is 0 Å². The summed E-state index contributed by atoms with van der Waals surface area (Å²) in [6, 6.07) is 10.2. The zero-order chi connectivity index (χ0) is 18.6. The van der Waals surface area contributed by atoms with Crippen LogP contribution < -0.4 is 15.1 Å². The summed E-state index contributed by atoms with van der Waals surface area (Å²) < 4.78 is 0. The van der Waals surface area contributed by atoms with E-state index in [1.807, 2.05) is 12.1 Å². The number of benzene rings is 1. The quantitative estimate of drug-likeness (QED) is 0.766. The Morgan fingerprint density at radius 3 is 2.33 bits per heavy atom. The molecule has 0 saturated carbocycles. The van der Waals surface area contributed by atoms with Crippen LogP contribution in [0.2, 0.25) is 0 Å². The number of rotatable bonds is 4. The van der Waals surface area contributed by atoms with Gasteiger partial charge in [-0.3, -0.25) is 0 Å². The fraction of sp³-hybridized carbons (Fsp3) is 0.300. The molecule has 0 aliphatic carbocycles. The van der Waals surface area contributed by atoms with Gasteiger partial charge in [-0.1, -0.05) is 17.7 Å². The number of anilines is 4. The number of hydrogen-bond acceptors (Lipinski definition) is 7. The number of nitrogens with zero attached hydrogens (tertiary/aromatic N) is 6. The van der Waals surface area contributed by atoms with Gasteiger partial charge in [-0.2, -0.15) is 0 Å². The van der Waals surface area contributed by atoms with Crippen LogP contribution in [0.1, 0.15) is 11.1 Å². The highest BCUT2D eigenvalue weighted by molar-refractivity contribution is 5.63.